The second kappa shape index (κ2) is 3.59. The van der Waals surface area contributed by atoms with Crippen LogP contribution < -0.4 is 5.73 Å². The van der Waals surface area contributed by atoms with E-state index in [1.54, 1.807) is 18.7 Å². The number of nitrogens with zero attached hydrogens (tertiary/aromatic N) is 3. The summed E-state index contributed by atoms with van der Waals surface area (Å²) in [6, 6.07) is 1.96. The van der Waals surface area contributed by atoms with Gasteiger partial charge < -0.3 is 5.73 Å². The maximum atomic E-state index is 5.68. The van der Waals surface area contributed by atoms with Crippen LogP contribution in [0.25, 0.3) is 5.82 Å². The molecule has 0 aliphatic heterocycles. The summed E-state index contributed by atoms with van der Waals surface area (Å²) in [5.41, 5.74) is 7.90. The van der Waals surface area contributed by atoms with Crippen molar-refractivity contribution in [3.63, 3.8) is 0 Å². The smallest absolute Gasteiger partial charge is 0.142 e. The van der Waals surface area contributed by atoms with Crippen LogP contribution in [-0.2, 0) is 6.54 Å². The van der Waals surface area contributed by atoms with Gasteiger partial charge in [0.2, 0.25) is 0 Å². The normalized spacial score (nSPS) is 10.4. The van der Waals surface area contributed by atoms with Crippen LogP contribution in [0, 0.1) is 6.92 Å². The van der Waals surface area contributed by atoms with Crippen molar-refractivity contribution < 1.29 is 0 Å². The van der Waals surface area contributed by atoms with Crippen molar-refractivity contribution in [2.75, 3.05) is 0 Å². The molecule has 2 heterocycles. The lowest BCUT2D eigenvalue weighted by molar-refractivity contribution is 0.921. The van der Waals surface area contributed by atoms with E-state index >= 15 is 0 Å². The monoisotopic (exact) mass is 188 g/mol. The zero-order valence-electron chi connectivity index (χ0n) is 8.01. The first-order valence-electron chi connectivity index (χ1n) is 4.46. The van der Waals surface area contributed by atoms with E-state index in [2.05, 4.69) is 9.97 Å². The SMILES string of the molecule is Cc1ccnc(-n2ccnc2)c1CN. The summed E-state index contributed by atoms with van der Waals surface area (Å²) < 4.78 is 1.87. The van der Waals surface area contributed by atoms with Gasteiger partial charge in [0.05, 0.1) is 0 Å². The van der Waals surface area contributed by atoms with Crippen LogP contribution in [0.3, 0.4) is 0 Å². The Morgan fingerprint density at radius 3 is 2.93 bits per heavy atom. The molecule has 2 aromatic heterocycles. The Kier molecular flexibility index (Phi) is 2.28. The van der Waals surface area contributed by atoms with Gasteiger partial charge in [-0.05, 0) is 18.6 Å². The summed E-state index contributed by atoms with van der Waals surface area (Å²) in [5, 5.41) is 0. The van der Waals surface area contributed by atoms with E-state index < -0.39 is 0 Å². The van der Waals surface area contributed by atoms with Crippen molar-refractivity contribution in [3.8, 4) is 5.82 Å². The Balaban J connectivity index is 2.58. The largest absolute Gasteiger partial charge is 0.326 e. The van der Waals surface area contributed by atoms with Gasteiger partial charge in [-0.25, -0.2) is 9.97 Å². The minimum Gasteiger partial charge on any atom is -0.326 e. The lowest BCUT2D eigenvalue weighted by Crippen LogP contribution is -2.07. The maximum absolute atomic E-state index is 5.68. The molecule has 0 saturated carbocycles. The highest BCUT2D eigenvalue weighted by Crippen LogP contribution is 2.14. The number of pyridine rings is 1. The third-order valence-electron chi connectivity index (χ3n) is 2.22. The summed E-state index contributed by atoms with van der Waals surface area (Å²) in [5.74, 6) is 0.866. The molecule has 72 valence electrons. The molecule has 0 bridgehead atoms. The molecule has 0 spiro atoms. The van der Waals surface area contributed by atoms with E-state index in [1.807, 2.05) is 23.8 Å². The Labute approximate surface area is 82.4 Å². The highest BCUT2D eigenvalue weighted by molar-refractivity contribution is 5.39. The van der Waals surface area contributed by atoms with Gasteiger partial charge in [0.25, 0.3) is 0 Å². The Morgan fingerprint density at radius 2 is 2.29 bits per heavy atom. The number of hydrogen-bond acceptors (Lipinski definition) is 3. The zero-order valence-corrected chi connectivity index (χ0v) is 8.01. The molecule has 0 unspecified atom stereocenters. The van der Waals surface area contributed by atoms with Gasteiger partial charge in [-0.3, -0.25) is 4.57 Å². The first-order valence-corrected chi connectivity index (χ1v) is 4.46. The van der Waals surface area contributed by atoms with Gasteiger partial charge in [0.1, 0.15) is 12.1 Å². The fraction of sp³-hybridized carbons (Fsp3) is 0.200. The fourth-order valence-electron chi connectivity index (χ4n) is 1.43. The lowest BCUT2D eigenvalue weighted by atomic mass is 10.1. The number of aromatic nitrogens is 3. The lowest BCUT2D eigenvalue weighted by Gasteiger charge is -2.09. The van der Waals surface area contributed by atoms with Crippen molar-refractivity contribution in [2.45, 2.75) is 13.5 Å². The predicted octanol–water partition coefficient (Wildman–Crippen LogP) is 1.03. The number of aryl methyl sites for hydroxylation is 1. The summed E-state index contributed by atoms with van der Waals surface area (Å²) in [6.45, 7) is 2.53. The van der Waals surface area contributed by atoms with Crippen LogP contribution in [0.2, 0.25) is 0 Å². The van der Waals surface area contributed by atoms with Gasteiger partial charge in [-0.2, -0.15) is 0 Å². The summed E-state index contributed by atoms with van der Waals surface area (Å²) in [6.07, 6.45) is 7.09. The second-order valence-electron chi connectivity index (χ2n) is 3.10. The average Bonchev–Trinajstić information content (AvgIpc) is 2.70. The fourth-order valence-corrected chi connectivity index (χ4v) is 1.43. The van der Waals surface area contributed by atoms with Crippen LogP contribution in [-0.4, -0.2) is 14.5 Å². The summed E-state index contributed by atoms with van der Waals surface area (Å²) >= 11 is 0. The average molecular weight is 188 g/mol. The van der Waals surface area contributed by atoms with Crippen LogP contribution in [0.5, 0.6) is 0 Å². The summed E-state index contributed by atoms with van der Waals surface area (Å²) in [7, 11) is 0. The van der Waals surface area contributed by atoms with Gasteiger partial charge in [-0.15, -0.1) is 0 Å². The van der Waals surface area contributed by atoms with Gasteiger partial charge in [0.15, 0.2) is 0 Å². The zero-order chi connectivity index (χ0) is 9.97. The van der Waals surface area contributed by atoms with E-state index in [4.69, 9.17) is 5.73 Å². The molecule has 0 atom stereocenters. The summed E-state index contributed by atoms with van der Waals surface area (Å²) in [4.78, 5) is 8.28. The molecular formula is C10H12N4. The Hall–Kier alpha value is -1.68. The number of rotatable bonds is 2. The van der Waals surface area contributed by atoms with E-state index in [-0.39, 0.29) is 0 Å². The molecule has 4 nitrogen and oxygen atoms in total. The molecule has 0 aliphatic carbocycles. The van der Waals surface area contributed by atoms with Crippen molar-refractivity contribution in [2.24, 2.45) is 5.73 Å². The molecule has 0 aliphatic rings. The van der Waals surface area contributed by atoms with Gasteiger partial charge in [0, 0.05) is 30.7 Å². The Morgan fingerprint density at radius 1 is 1.43 bits per heavy atom. The van der Waals surface area contributed by atoms with E-state index in [0.717, 1.165) is 16.9 Å². The standard InChI is InChI=1S/C10H12N4/c1-8-2-3-13-10(9(8)6-11)14-5-4-12-7-14/h2-5,7H,6,11H2,1H3. The molecule has 0 aromatic carbocycles. The molecule has 4 heteroatoms. The number of imidazole rings is 1. The molecule has 0 amide bonds. The maximum Gasteiger partial charge on any atom is 0.142 e. The van der Waals surface area contributed by atoms with Gasteiger partial charge in [-0.1, -0.05) is 0 Å². The Bertz CT molecular complexity index is 420. The first kappa shape index (κ1) is 8.90. The third kappa shape index (κ3) is 1.40. The molecule has 2 aromatic rings. The minimum atomic E-state index is 0.493. The molecule has 2 rings (SSSR count). The molecule has 0 radical (unpaired) electrons. The van der Waals surface area contributed by atoms with Crippen LogP contribution in [0.15, 0.2) is 31.0 Å². The van der Waals surface area contributed by atoms with Crippen molar-refractivity contribution in [1.29, 1.82) is 0 Å². The number of hydrogen-bond donors (Lipinski definition) is 1. The molecule has 0 saturated heterocycles. The highest BCUT2D eigenvalue weighted by atomic mass is 15.1. The quantitative estimate of drug-likeness (QED) is 0.766. The van der Waals surface area contributed by atoms with Crippen LogP contribution >= 0.6 is 0 Å². The second-order valence-corrected chi connectivity index (χ2v) is 3.10. The minimum absolute atomic E-state index is 0.493. The van der Waals surface area contributed by atoms with Crippen LogP contribution in [0.1, 0.15) is 11.1 Å². The van der Waals surface area contributed by atoms with Crippen molar-refractivity contribution >= 4 is 0 Å². The topological polar surface area (TPSA) is 56.7 Å². The van der Waals surface area contributed by atoms with Crippen LogP contribution in [0.4, 0.5) is 0 Å². The van der Waals surface area contributed by atoms with Crippen molar-refractivity contribution in [1.82, 2.24) is 14.5 Å². The highest BCUT2D eigenvalue weighted by Gasteiger charge is 2.06. The molecular weight excluding hydrogens is 176 g/mol. The molecule has 0 fully saturated rings. The number of nitrogens with two attached hydrogens (primary N) is 1. The predicted molar refractivity (Wildman–Crippen MR) is 54.0 cm³/mol. The van der Waals surface area contributed by atoms with E-state index in [1.165, 1.54) is 0 Å². The van der Waals surface area contributed by atoms with E-state index in [0.29, 0.717) is 6.54 Å². The first-order chi connectivity index (χ1) is 6.83. The van der Waals surface area contributed by atoms with Crippen molar-refractivity contribution in [3.05, 3.63) is 42.1 Å². The third-order valence-corrected chi connectivity index (χ3v) is 2.22. The molecule has 14 heavy (non-hydrogen) atoms. The molecule has 2 N–H and O–H groups in total. The van der Waals surface area contributed by atoms with Gasteiger partial charge >= 0.3 is 0 Å². The van der Waals surface area contributed by atoms with E-state index in [9.17, 15) is 0 Å².